The van der Waals surface area contributed by atoms with E-state index in [4.69, 9.17) is 0 Å². The molecule has 0 spiro atoms. The van der Waals surface area contributed by atoms with Crippen molar-refractivity contribution < 1.29 is 0 Å². The van der Waals surface area contributed by atoms with Crippen LogP contribution in [0.4, 0.5) is 0 Å². The maximum absolute atomic E-state index is 3.81. The molecular weight excluding hydrogens is 308 g/mol. The smallest absolute Gasteiger partial charge is 0.0395 e. The largest absolute Gasteiger partial charge is 0.0839 e. The molecule has 0 radical (unpaired) electrons. The molecule has 0 fully saturated rings. The van der Waals surface area contributed by atoms with Gasteiger partial charge in [-0.2, -0.15) is 0 Å². The van der Waals surface area contributed by atoms with E-state index in [9.17, 15) is 0 Å². The Morgan fingerprint density at radius 3 is 2.15 bits per heavy atom. The van der Waals surface area contributed by atoms with E-state index in [2.05, 4.69) is 79.2 Å². The maximum atomic E-state index is 3.81. The monoisotopic (exact) mass is 330 g/mol. The average molecular weight is 331 g/mol. The summed E-state index contributed by atoms with van der Waals surface area (Å²) < 4.78 is 0. The molecule has 0 aliphatic carbocycles. The van der Waals surface area contributed by atoms with Crippen LogP contribution in [0.1, 0.15) is 45.5 Å². The van der Waals surface area contributed by atoms with Crippen LogP contribution in [-0.2, 0) is 6.42 Å². The molecule has 0 bridgehead atoms. The first-order chi connectivity index (χ1) is 9.58. The lowest BCUT2D eigenvalue weighted by atomic mass is 9.95. The molecule has 0 amide bonds. The topological polar surface area (TPSA) is 0 Å². The summed E-state index contributed by atoms with van der Waals surface area (Å²) in [5, 5.41) is 0. The van der Waals surface area contributed by atoms with E-state index in [1.54, 1.807) is 0 Å². The third-order valence-electron chi connectivity index (χ3n) is 3.89. The van der Waals surface area contributed by atoms with Gasteiger partial charge in [-0.1, -0.05) is 64.0 Å². The van der Waals surface area contributed by atoms with Crippen LogP contribution in [0.2, 0.25) is 0 Å². The first-order valence-corrected chi connectivity index (χ1v) is 8.25. The molecule has 0 heterocycles. The molecule has 0 N–H and O–H groups in total. The van der Waals surface area contributed by atoms with Crippen LogP contribution in [-0.4, -0.2) is 0 Å². The van der Waals surface area contributed by atoms with E-state index in [0.717, 1.165) is 0 Å². The highest BCUT2D eigenvalue weighted by atomic mass is 79.9. The van der Waals surface area contributed by atoms with Gasteiger partial charge >= 0.3 is 0 Å². The summed E-state index contributed by atoms with van der Waals surface area (Å²) in [4.78, 5) is 0.467. The minimum absolute atomic E-state index is 0.467. The molecule has 0 saturated carbocycles. The highest BCUT2D eigenvalue weighted by Crippen LogP contribution is 2.29. The highest BCUT2D eigenvalue weighted by molar-refractivity contribution is 9.09. The van der Waals surface area contributed by atoms with Gasteiger partial charge in [-0.05, 0) is 62.3 Å². The van der Waals surface area contributed by atoms with Gasteiger partial charge in [0.1, 0.15) is 0 Å². The number of hydrogen-bond donors (Lipinski definition) is 0. The summed E-state index contributed by atoms with van der Waals surface area (Å²) in [6, 6.07) is 15.3. The molecule has 0 saturated heterocycles. The van der Waals surface area contributed by atoms with Crippen molar-refractivity contribution in [3.8, 4) is 0 Å². The quantitative estimate of drug-likeness (QED) is 0.583. The van der Waals surface area contributed by atoms with E-state index < -0.39 is 0 Å². The van der Waals surface area contributed by atoms with Gasteiger partial charge in [0.2, 0.25) is 0 Å². The van der Waals surface area contributed by atoms with Crippen molar-refractivity contribution in [2.24, 2.45) is 0 Å². The minimum atomic E-state index is 0.467. The number of hydrogen-bond acceptors (Lipinski definition) is 0. The minimum Gasteiger partial charge on any atom is -0.0839 e. The first kappa shape index (κ1) is 15.3. The van der Waals surface area contributed by atoms with Gasteiger partial charge < -0.3 is 0 Å². The predicted molar refractivity (Wildman–Crippen MR) is 91.7 cm³/mol. The number of halogens is 1. The van der Waals surface area contributed by atoms with Crippen molar-refractivity contribution >= 4 is 15.9 Å². The van der Waals surface area contributed by atoms with Crippen LogP contribution >= 0.6 is 15.9 Å². The molecule has 0 aromatic heterocycles. The lowest BCUT2D eigenvalue weighted by Crippen LogP contribution is -1.97. The Labute approximate surface area is 131 Å². The molecule has 1 heteroatoms. The van der Waals surface area contributed by atoms with Crippen LogP contribution in [0.3, 0.4) is 0 Å². The van der Waals surface area contributed by atoms with Crippen LogP contribution in [0.25, 0.3) is 0 Å². The van der Waals surface area contributed by atoms with Crippen molar-refractivity contribution in [1.82, 2.24) is 0 Å². The number of rotatable bonds is 5. The summed E-state index contributed by atoms with van der Waals surface area (Å²) >= 11 is 3.81. The fourth-order valence-electron chi connectivity index (χ4n) is 2.89. The van der Waals surface area contributed by atoms with Gasteiger partial charge in [0.15, 0.2) is 0 Å². The Morgan fingerprint density at radius 2 is 1.55 bits per heavy atom. The SMILES string of the molecule is Cc1cc(C)c(CCCC(Br)c2ccccc2)c(C)c1. The molecule has 106 valence electrons. The lowest BCUT2D eigenvalue weighted by molar-refractivity contribution is 0.725. The Hall–Kier alpha value is -1.08. The molecule has 2 rings (SSSR count). The lowest BCUT2D eigenvalue weighted by Gasteiger charge is -2.13. The second-order valence-corrected chi connectivity index (χ2v) is 6.75. The zero-order chi connectivity index (χ0) is 14.5. The Bertz CT molecular complexity index is 534. The van der Waals surface area contributed by atoms with E-state index in [1.165, 1.54) is 47.1 Å². The molecule has 1 atom stereocenters. The third-order valence-corrected chi connectivity index (χ3v) is 4.87. The zero-order valence-corrected chi connectivity index (χ0v) is 14.2. The van der Waals surface area contributed by atoms with E-state index in [0.29, 0.717) is 4.83 Å². The number of alkyl halides is 1. The van der Waals surface area contributed by atoms with Crippen molar-refractivity contribution in [2.75, 3.05) is 0 Å². The highest BCUT2D eigenvalue weighted by Gasteiger charge is 2.08. The van der Waals surface area contributed by atoms with Gasteiger partial charge in [-0.25, -0.2) is 0 Å². The summed E-state index contributed by atoms with van der Waals surface area (Å²) in [5.74, 6) is 0. The first-order valence-electron chi connectivity index (χ1n) is 7.33. The molecule has 20 heavy (non-hydrogen) atoms. The standard InChI is InChI=1S/C19H23Br/c1-14-12-15(2)18(16(3)13-14)10-7-11-19(20)17-8-5-4-6-9-17/h4-6,8-9,12-13,19H,7,10-11H2,1-3H3. The Morgan fingerprint density at radius 1 is 0.950 bits per heavy atom. The molecule has 0 aliphatic rings. The summed E-state index contributed by atoms with van der Waals surface area (Å²) in [5.41, 5.74) is 7.15. The van der Waals surface area contributed by atoms with Crippen molar-refractivity contribution in [1.29, 1.82) is 0 Å². The van der Waals surface area contributed by atoms with E-state index in [1.807, 2.05) is 0 Å². The fourth-order valence-corrected chi connectivity index (χ4v) is 3.52. The second kappa shape index (κ2) is 7.08. The van der Waals surface area contributed by atoms with Gasteiger partial charge in [-0.15, -0.1) is 0 Å². The van der Waals surface area contributed by atoms with E-state index in [-0.39, 0.29) is 0 Å². The number of aryl methyl sites for hydroxylation is 3. The molecule has 1 unspecified atom stereocenters. The van der Waals surface area contributed by atoms with Crippen LogP contribution in [0, 0.1) is 20.8 Å². The predicted octanol–water partition coefficient (Wildman–Crippen LogP) is 6.07. The fraction of sp³-hybridized carbons (Fsp3) is 0.368. The molecule has 0 aliphatic heterocycles. The average Bonchev–Trinajstić information content (AvgIpc) is 2.42. The second-order valence-electron chi connectivity index (χ2n) is 5.65. The normalized spacial score (nSPS) is 12.4. The van der Waals surface area contributed by atoms with Gasteiger partial charge in [0, 0.05) is 4.83 Å². The molecule has 2 aromatic rings. The Balaban J connectivity index is 1.94. The van der Waals surface area contributed by atoms with Crippen molar-refractivity contribution in [3.63, 3.8) is 0 Å². The summed E-state index contributed by atoms with van der Waals surface area (Å²) in [6.45, 7) is 6.64. The third kappa shape index (κ3) is 3.96. The van der Waals surface area contributed by atoms with Crippen molar-refractivity contribution in [3.05, 3.63) is 70.3 Å². The molecular formula is C19H23Br. The van der Waals surface area contributed by atoms with Crippen molar-refractivity contribution in [2.45, 2.75) is 44.9 Å². The molecule has 0 nitrogen and oxygen atoms in total. The summed E-state index contributed by atoms with van der Waals surface area (Å²) in [6.07, 6.45) is 3.57. The molecule has 2 aromatic carbocycles. The zero-order valence-electron chi connectivity index (χ0n) is 12.6. The number of benzene rings is 2. The van der Waals surface area contributed by atoms with E-state index >= 15 is 0 Å². The van der Waals surface area contributed by atoms with Gasteiger partial charge in [0.25, 0.3) is 0 Å². The summed E-state index contributed by atoms with van der Waals surface area (Å²) in [7, 11) is 0. The van der Waals surface area contributed by atoms with Gasteiger partial charge in [0.05, 0.1) is 0 Å². The van der Waals surface area contributed by atoms with Gasteiger partial charge in [-0.3, -0.25) is 0 Å². The van der Waals surface area contributed by atoms with Crippen LogP contribution < -0.4 is 0 Å². The maximum Gasteiger partial charge on any atom is 0.0395 e. The van der Waals surface area contributed by atoms with Crippen LogP contribution in [0.5, 0.6) is 0 Å². The Kier molecular flexibility index (Phi) is 5.42. The van der Waals surface area contributed by atoms with Crippen LogP contribution in [0.15, 0.2) is 42.5 Å².